The molecule has 0 radical (unpaired) electrons. The number of sulfonamides is 1. The molecule has 10 nitrogen and oxygen atoms in total. The van der Waals surface area contributed by atoms with E-state index in [0.29, 0.717) is 17.8 Å². The van der Waals surface area contributed by atoms with Crippen LogP contribution in [0.5, 0.6) is 0 Å². The molecular formula is C25H28F4N4O6S. The van der Waals surface area contributed by atoms with Crippen LogP contribution < -0.4 is 9.62 Å². The van der Waals surface area contributed by atoms with Gasteiger partial charge >= 0.3 is 18.1 Å². The molecule has 218 valence electrons. The average molecular weight is 589 g/mol. The van der Waals surface area contributed by atoms with Gasteiger partial charge in [-0.25, -0.2) is 22.4 Å². The summed E-state index contributed by atoms with van der Waals surface area (Å²) in [5.74, 6) is -4.63. The van der Waals surface area contributed by atoms with Crippen molar-refractivity contribution in [3.63, 3.8) is 0 Å². The minimum absolute atomic E-state index is 0.0630. The first kappa shape index (κ1) is 32.1. The number of carbonyl (C=O) groups is 2. The monoisotopic (exact) mass is 588 g/mol. The fourth-order valence-corrected chi connectivity index (χ4v) is 4.94. The molecule has 40 heavy (non-hydrogen) atoms. The average Bonchev–Trinajstić information content (AvgIpc) is 3.18. The van der Waals surface area contributed by atoms with Crippen molar-refractivity contribution in [1.29, 1.82) is 0 Å². The molecule has 15 heteroatoms. The quantitative estimate of drug-likeness (QED) is 0.302. The maximum Gasteiger partial charge on any atom is 0.490 e. The van der Waals surface area contributed by atoms with Crippen LogP contribution in [0.4, 0.5) is 28.9 Å². The summed E-state index contributed by atoms with van der Waals surface area (Å²) in [7, 11) is -2.34. The van der Waals surface area contributed by atoms with Gasteiger partial charge < -0.3 is 15.1 Å². The molecule has 0 fully saturated rings. The van der Waals surface area contributed by atoms with Crippen molar-refractivity contribution in [3.05, 3.63) is 70.8 Å². The Morgan fingerprint density at radius 3 is 2.25 bits per heavy atom. The zero-order valence-electron chi connectivity index (χ0n) is 22.0. The van der Waals surface area contributed by atoms with Gasteiger partial charge in [-0.05, 0) is 62.2 Å². The lowest BCUT2D eigenvalue weighted by Gasteiger charge is -2.22. The second-order valence-electron chi connectivity index (χ2n) is 8.71. The highest BCUT2D eigenvalue weighted by atomic mass is 32.2. The van der Waals surface area contributed by atoms with E-state index in [0.717, 1.165) is 30.4 Å². The molecule has 0 atom stereocenters. The minimum atomic E-state index is -5.08. The maximum absolute atomic E-state index is 13.6. The zero-order valence-corrected chi connectivity index (χ0v) is 22.8. The number of aromatic carboxylic acids is 1. The number of hydrogen-bond acceptors (Lipinski definition) is 6. The maximum atomic E-state index is 13.6. The van der Waals surface area contributed by atoms with E-state index in [9.17, 15) is 35.9 Å². The third-order valence-electron chi connectivity index (χ3n) is 5.39. The number of carboxylic acid groups (broad SMARTS) is 2. The van der Waals surface area contributed by atoms with Crippen molar-refractivity contribution in [2.24, 2.45) is 0 Å². The smallest absolute Gasteiger partial charge is 0.478 e. The summed E-state index contributed by atoms with van der Waals surface area (Å²) in [6.45, 7) is 6.69. The highest BCUT2D eigenvalue weighted by molar-refractivity contribution is 7.92. The van der Waals surface area contributed by atoms with Gasteiger partial charge in [-0.2, -0.15) is 18.3 Å². The van der Waals surface area contributed by atoms with Crippen molar-refractivity contribution in [2.75, 3.05) is 16.7 Å². The van der Waals surface area contributed by atoms with Gasteiger partial charge in [0.1, 0.15) is 5.82 Å². The summed E-state index contributed by atoms with van der Waals surface area (Å²) < 4.78 is 75.1. The van der Waals surface area contributed by atoms with Crippen molar-refractivity contribution in [2.45, 2.75) is 51.4 Å². The van der Waals surface area contributed by atoms with Crippen molar-refractivity contribution in [3.8, 4) is 0 Å². The van der Waals surface area contributed by atoms with Crippen molar-refractivity contribution >= 4 is 33.3 Å². The number of carboxylic acids is 2. The number of rotatable bonds is 9. The van der Waals surface area contributed by atoms with Gasteiger partial charge in [-0.1, -0.05) is 13.0 Å². The molecule has 0 saturated heterocycles. The lowest BCUT2D eigenvalue weighted by molar-refractivity contribution is -0.192. The predicted octanol–water partition coefficient (Wildman–Crippen LogP) is 4.82. The summed E-state index contributed by atoms with van der Waals surface area (Å²) in [4.78, 5) is 22.4. The third kappa shape index (κ3) is 8.43. The van der Waals surface area contributed by atoms with E-state index in [4.69, 9.17) is 9.90 Å². The Bertz CT molecular complexity index is 1490. The van der Waals surface area contributed by atoms with Gasteiger partial charge in [0.25, 0.3) is 10.0 Å². The lowest BCUT2D eigenvalue weighted by atomic mass is 10.1. The molecule has 0 spiro atoms. The van der Waals surface area contributed by atoms with Crippen LogP contribution in [0.15, 0.2) is 47.4 Å². The second-order valence-corrected chi connectivity index (χ2v) is 10.4. The molecule has 0 bridgehead atoms. The number of anilines is 2. The van der Waals surface area contributed by atoms with Crippen LogP contribution in [-0.4, -0.2) is 53.6 Å². The first-order valence-corrected chi connectivity index (χ1v) is 13.2. The number of alkyl halides is 3. The molecule has 0 aliphatic heterocycles. The summed E-state index contributed by atoms with van der Waals surface area (Å²) >= 11 is 0. The van der Waals surface area contributed by atoms with Gasteiger partial charge in [-0.3, -0.25) is 9.40 Å². The van der Waals surface area contributed by atoms with Crippen LogP contribution in [0.3, 0.4) is 0 Å². The normalized spacial score (nSPS) is 11.4. The zero-order chi connectivity index (χ0) is 30.4. The molecule has 0 aliphatic rings. The van der Waals surface area contributed by atoms with Gasteiger partial charge in [-0.15, -0.1) is 0 Å². The van der Waals surface area contributed by atoms with Crippen LogP contribution >= 0.6 is 0 Å². The van der Waals surface area contributed by atoms with Gasteiger partial charge in [0.05, 0.1) is 34.1 Å². The SMILES string of the molecule is CCCn1nc(C)cc1CN(C)c1ccc(NS(=O)(=O)c2cc(F)ccc2C)cc1C(=O)O.O=C(O)C(F)(F)F. The number of aromatic nitrogens is 2. The van der Waals surface area contributed by atoms with Crippen molar-refractivity contribution in [1.82, 2.24) is 9.78 Å². The van der Waals surface area contributed by atoms with E-state index in [1.165, 1.54) is 24.3 Å². The molecule has 0 unspecified atom stereocenters. The van der Waals surface area contributed by atoms with Crippen LogP contribution in [-0.2, 0) is 27.9 Å². The fraction of sp³-hybridized carbons (Fsp3) is 0.320. The molecule has 3 rings (SSSR count). The topological polar surface area (TPSA) is 142 Å². The summed E-state index contributed by atoms with van der Waals surface area (Å²) in [6.07, 6.45) is -4.17. The Hall–Kier alpha value is -4.14. The minimum Gasteiger partial charge on any atom is -0.478 e. The Morgan fingerprint density at radius 2 is 1.70 bits per heavy atom. The number of aliphatic carboxylic acids is 1. The second kappa shape index (κ2) is 12.8. The Balaban J connectivity index is 0.000000708. The highest BCUT2D eigenvalue weighted by Gasteiger charge is 2.38. The van der Waals surface area contributed by atoms with E-state index in [-0.39, 0.29) is 16.1 Å². The predicted molar refractivity (Wildman–Crippen MR) is 138 cm³/mol. The van der Waals surface area contributed by atoms with Crippen LogP contribution in [0.1, 0.15) is 40.7 Å². The summed E-state index contributed by atoms with van der Waals surface area (Å²) in [5.41, 5.74) is 2.63. The molecule has 3 N–H and O–H groups in total. The molecule has 1 aromatic heterocycles. The van der Waals surface area contributed by atoms with Crippen LogP contribution in [0, 0.1) is 19.7 Å². The Labute approximate surface area is 227 Å². The molecular weight excluding hydrogens is 560 g/mol. The molecule has 0 amide bonds. The van der Waals surface area contributed by atoms with Gasteiger partial charge in [0, 0.05) is 19.3 Å². The molecule has 0 saturated carbocycles. The van der Waals surface area contributed by atoms with Crippen LogP contribution in [0.2, 0.25) is 0 Å². The fourth-order valence-electron chi connectivity index (χ4n) is 3.64. The number of nitrogens with zero attached hydrogens (tertiary/aromatic N) is 3. The molecule has 3 aromatic rings. The molecule has 0 aliphatic carbocycles. The number of benzene rings is 2. The van der Waals surface area contributed by atoms with Gasteiger partial charge in [0.15, 0.2) is 0 Å². The van der Waals surface area contributed by atoms with Crippen LogP contribution in [0.25, 0.3) is 0 Å². The third-order valence-corrected chi connectivity index (χ3v) is 6.92. The van der Waals surface area contributed by atoms with Gasteiger partial charge in [0.2, 0.25) is 0 Å². The standard InChI is InChI=1S/C23H27FN4O4S.C2HF3O2/c1-5-10-28-19(11-16(3)25-28)14-27(4)21-9-8-18(13-20(21)23(29)30)26-33(31,32)22-12-17(24)7-6-15(22)2;3-2(4,5)1(6)7/h6-9,11-13,26H,5,10,14H2,1-4H3,(H,29,30);(H,6,7). The Kier molecular flexibility index (Phi) is 10.3. The molecule has 2 aromatic carbocycles. The van der Waals surface area contributed by atoms with E-state index in [1.54, 1.807) is 24.9 Å². The molecule has 1 heterocycles. The number of aryl methyl sites for hydroxylation is 3. The summed E-state index contributed by atoms with van der Waals surface area (Å²) in [6, 6.07) is 9.72. The summed E-state index contributed by atoms with van der Waals surface area (Å²) in [5, 5.41) is 21.4. The number of nitrogens with one attached hydrogen (secondary N) is 1. The van der Waals surface area contributed by atoms with E-state index < -0.39 is 34.0 Å². The van der Waals surface area contributed by atoms with E-state index in [1.807, 2.05) is 17.7 Å². The first-order valence-electron chi connectivity index (χ1n) is 11.7. The van der Waals surface area contributed by atoms with Crippen molar-refractivity contribution < 1.29 is 45.8 Å². The Morgan fingerprint density at radius 1 is 1.07 bits per heavy atom. The number of halogens is 4. The van der Waals surface area contributed by atoms with E-state index in [2.05, 4.69) is 16.7 Å². The first-order chi connectivity index (χ1) is 18.5. The van der Waals surface area contributed by atoms with E-state index >= 15 is 0 Å². The lowest BCUT2D eigenvalue weighted by Crippen LogP contribution is -2.22. The highest BCUT2D eigenvalue weighted by Crippen LogP contribution is 2.27. The largest absolute Gasteiger partial charge is 0.490 e. The number of hydrogen-bond donors (Lipinski definition) is 3.